The number of alkyl halides is 6. The number of fused-ring (bicyclic) bond motifs is 1. The largest absolute Gasteiger partial charge is 0.416 e. The molecule has 0 aliphatic rings. The number of aryl methyl sites for hydroxylation is 2. The molecule has 0 heterocycles. The fourth-order valence-corrected chi connectivity index (χ4v) is 11.6. The molecule has 48 heavy (non-hydrogen) atoms. The Morgan fingerprint density at radius 3 is 0.938 bits per heavy atom. The first-order chi connectivity index (χ1) is 22.6. The molecule has 0 aliphatic heterocycles. The smallest absolute Gasteiger partial charge is 0.309 e. The molecule has 0 spiro atoms. The maximum absolute atomic E-state index is 15.5. The molecular weight excluding hydrogens is 664 g/mol. The molecule has 0 aromatic heterocycles. The summed E-state index contributed by atoms with van der Waals surface area (Å²) in [5.74, 6) is 0. The van der Waals surface area contributed by atoms with Crippen molar-refractivity contribution in [1.82, 2.24) is 0 Å². The minimum atomic E-state index is -4.65. The summed E-state index contributed by atoms with van der Waals surface area (Å²) in [6.07, 6.45) is -9.31. The Morgan fingerprint density at radius 2 is 0.667 bits per heavy atom. The van der Waals surface area contributed by atoms with Crippen LogP contribution in [0.25, 0.3) is 10.8 Å². The summed E-state index contributed by atoms with van der Waals surface area (Å²) in [6, 6.07) is 32.4. The number of halogens is 6. The quantitative estimate of drug-likeness (QED) is 0.129. The van der Waals surface area contributed by atoms with Gasteiger partial charge in [-0.3, -0.25) is 0 Å². The second kappa shape index (κ2) is 12.3. The van der Waals surface area contributed by atoms with Crippen LogP contribution in [0.5, 0.6) is 0 Å². The number of hydrogen-bond acceptors (Lipinski definition) is 2. The van der Waals surface area contributed by atoms with E-state index in [4.69, 9.17) is 0 Å². The maximum atomic E-state index is 15.5. The minimum Gasteiger partial charge on any atom is -0.309 e. The van der Waals surface area contributed by atoms with Gasteiger partial charge in [0.25, 0.3) is 0 Å². The molecule has 6 aromatic carbocycles. The summed E-state index contributed by atoms with van der Waals surface area (Å²) in [7, 11) is -7.69. The van der Waals surface area contributed by atoms with Crippen LogP contribution in [0.4, 0.5) is 26.3 Å². The van der Waals surface area contributed by atoms with E-state index in [0.717, 1.165) is 59.7 Å². The van der Waals surface area contributed by atoms with Crippen LogP contribution < -0.4 is 31.8 Å². The zero-order valence-electron chi connectivity index (χ0n) is 25.7. The van der Waals surface area contributed by atoms with E-state index >= 15 is 9.13 Å². The van der Waals surface area contributed by atoms with Crippen LogP contribution in [-0.2, 0) is 21.5 Å². The molecule has 6 rings (SSSR count). The van der Waals surface area contributed by atoms with E-state index in [1.807, 2.05) is 62.4 Å². The van der Waals surface area contributed by atoms with E-state index in [2.05, 4.69) is 0 Å². The third kappa shape index (κ3) is 5.93. The highest BCUT2D eigenvalue weighted by molar-refractivity contribution is 7.86. The van der Waals surface area contributed by atoms with Gasteiger partial charge < -0.3 is 9.13 Å². The van der Waals surface area contributed by atoms with Gasteiger partial charge in [0.05, 0.1) is 11.1 Å². The number of benzene rings is 6. The first-order valence-corrected chi connectivity index (χ1v) is 18.3. The fourth-order valence-electron chi connectivity index (χ4n) is 5.91. The van der Waals surface area contributed by atoms with Crippen LogP contribution >= 0.6 is 14.3 Å². The highest BCUT2D eigenvalue weighted by Gasteiger charge is 2.37. The molecule has 0 fully saturated rings. The van der Waals surface area contributed by atoms with Gasteiger partial charge in [-0.1, -0.05) is 120 Å². The van der Waals surface area contributed by atoms with Crippen LogP contribution in [0.1, 0.15) is 22.3 Å². The second-order valence-corrected chi connectivity index (χ2v) is 17.1. The lowest BCUT2D eigenvalue weighted by Crippen LogP contribution is -2.28. The van der Waals surface area contributed by atoms with Gasteiger partial charge >= 0.3 is 12.4 Å². The Morgan fingerprint density at radius 1 is 0.396 bits per heavy atom. The summed E-state index contributed by atoms with van der Waals surface area (Å²) in [5, 5.41) is 2.73. The molecule has 0 amide bonds. The summed E-state index contributed by atoms with van der Waals surface area (Å²) in [5.41, 5.74) is 0.0389. The van der Waals surface area contributed by atoms with Crippen molar-refractivity contribution in [2.24, 2.45) is 0 Å². The Labute approximate surface area is 273 Å². The average Bonchev–Trinajstić information content (AvgIpc) is 3.07. The van der Waals surface area contributed by atoms with Crippen molar-refractivity contribution in [3.63, 3.8) is 0 Å². The Hall–Kier alpha value is -4.38. The molecule has 6 aromatic rings. The van der Waals surface area contributed by atoms with Gasteiger partial charge in [-0.25, -0.2) is 0 Å². The molecule has 244 valence electrons. The van der Waals surface area contributed by atoms with Gasteiger partial charge in [-0.05, 0) is 48.9 Å². The Balaban J connectivity index is 1.65. The predicted molar refractivity (Wildman–Crippen MR) is 182 cm³/mol. The van der Waals surface area contributed by atoms with Crippen LogP contribution in [-0.4, -0.2) is 0 Å². The van der Waals surface area contributed by atoms with Gasteiger partial charge in [0, 0.05) is 31.8 Å². The summed E-state index contributed by atoms with van der Waals surface area (Å²) >= 11 is 0. The SMILES string of the molecule is Cc1ccc(P(=O)(c2ccc(C)cc2)c2cccc3c(P(=O)(c4ccc(C(F)(F)F)cc4)c4ccc(C(F)(F)F)cc4)cccc23)cc1. The van der Waals surface area contributed by atoms with Gasteiger partial charge in [0.2, 0.25) is 0 Å². The monoisotopic (exact) mass is 692 g/mol. The molecule has 0 bridgehead atoms. The lowest BCUT2D eigenvalue weighted by atomic mass is 10.1. The standard InChI is InChI=1S/C38H28F6O2P2/c1-25-9-17-29(18-10-25)47(45,30-19-11-26(2)12-20-30)35-7-3-6-34-33(35)5-4-8-36(34)48(46,31-21-13-27(14-22-31)37(39,40)41)32-23-15-28(16-24-32)38(42,43)44/h3-24H,1-2H3. The van der Waals surface area contributed by atoms with Gasteiger partial charge in [-0.15, -0.1) is 0 Å². The van der Waals surface area contributed by atoms with E-state index in [1.165, 1.54) is 0 Å². The van der Waals surface area contributed by atoms with Crippen molar-refractivity contribution in [3.8, 4) is 0 Å². The molecule has 10 heteroatoms. The molecule has 2 nitrogen and oxygen atoms in total. The summed E-state index contributed by atoms with van der Waals surface area (Å²) in [4.78, 5) is 0. The zero-order valence-corrected chi connectivity index (χ0v) is 27.5. The highest BCUT2D eigenvalue weighted by Crippen LogP contribution is 2.48. The molecule has 0 saturated heterocycles. The van der Waals surface area contributed by atoms with Gasteiger partial charge in [-0.2, -0.15) is 26.3 Å². The summed E-state index contributed by atoms with van der Waals surface area (Å²) in [6.45, 7) is 3.84. The molecular formula is C38H28F6O2P2. The van der Waals surface area contributed by atoms with Crippen LogP contribution in [0.3, 0.4) is 0 Å². The second-order valence-electron chi connectivity index (χ2n) is 11.6. The van der Waals surface area contributed by atoms with Crippen molar-refractivity contribution in [3.05, 3.63) is 156 Å². The van der Waals surface area contributed by atoms with E-state index in [9.17, 15) is 26.3 Å². The van der Waals surface area contributed by atoms with E-state index in [1.54, 1.807) is 36.4 Å². The molecule has 0 N–H and O–H groups in total. The first kappa shape index (κ1) is 33.5. The van der Waals surface area contributed by atoms with Gasteiger partial charge in [0.1, 0.15) is 0 Å². The summed E-state index contributed by atoms with van der Waals surface area (Å²) < 4.78 is 112. The van der Waals surface area contributed by atoms with Gasteiger partial charge in [0.15, 0.2) is 14.3 Å². The molecule has 0 aliphatic carbocycles. The number of rotatable bonds is 6. The third-order valence-electron chi connectivity index (χ3n) is 8.47. The Kier molecular flexibility index (Phi) is 8.56. The molecule has 0 atom stereocenters. The normalized spacial score (nSPS) is 12.8. The van der Waals surface area contributed by atoms with Crippen molar-refractivity contribution in [2.75, 3.05) is 0 Å². The van der Waals surface area contributed by atoms with Crippen LogP contribution in [0.15, 0.2) is 133 Å². The predicted octanol–water partition coefficient (Wildman–Crippen LogP) is 8.77. The Bertz CT molecular complexity index is 2090. The first-order valence-electron chi connectivity index (χ1n) is 14.9. The highest BCUT2D eigenvalue weighted by atomic mass is 31.2. The lowest BCUT2D eigenvalue weighted by Gasteiger charge is -2.25. The van der Waals surface area contributed by atoms with Crippen molar-refractivity contribution in [2.45, 2.75) is 26.2 Å². The lowest BCUT2D eigenvalue weighted by molar-refractivity contribution is -0.138. The van der Waals surface area contributed by atoms with E-state index in [0.29, 0.717) is 26.7 Å². The molecule has 0 radical (unpaired) electrons. The van der Waals surface area contributed by atoms with Crippen molar-refractivity contribution >= 4 is 56.9 Å². The topological polar surface area (TPSA) is 34.1 Å². The number of hydrogen-bond donors (Lipinski definition) is 0. The minimum absolute atomic E-state index is 0.00779. The third-order valence-corrected chi connectivity index (χ3v) is 14.7. The van der Waals surface area contributed by atoms with Crippen LogP contribution in [0, 0.1) is 13.8 Å². The molecule has 0 unspecified atom stereocenters. The fraction of sp³-hybridized carbons (Fsp3) is 0.105. The maximum Gasteiger partial charge on any atom is 0.416 e. The van der Waals surface area contributed by atoms with E-state index < -0.39 is 37.8 Å². The van der Waals surface area contributed by atoms with E-state index in [-0.39, 0.29) is 15.9 Å². The zero-order chi connectivity index (χ0) is 34.5. The van der Waals surface area contributed by atoms with Crippen LogP contribution in [0.2, 0.25) is 0 Å². The average molecular weight is 693 g/mol. The van der Waals surface area contributed by atoms with Crippen molar-refractivity contribution < 1.29 is 35.5 Å². The molecule has 0 saturated carbocycles. The van der Waals surface area contributed by atoms with Crippen molar-refractivity contribution in [1.29, 1.82) is 0 Å².